The summed E-state index contributed by atoms with van der Waals surface area (Å²) in [6, 6.07) is 15.8. The highest BCUT2D eigenvalue weighted by molar-refractivity contribution is 6.31. The second-order valence-electron chi connectivity index (χ2n) is 6.37. The molecule has 0 aliphatic carbocycles. The zero-order valence-electron chi connectivity index (χ0n) is 15.3. The van der Waals surface area contributed by atoms with Crippen LogP contribution in [0.2, 0.25) is 5.02 Å². The van der Waals surface area contributed by atoms with Gasteiger partial charge in [-0.3, -0.25) is 9.78 Å². The first-order chi connectivity index (χ1) is 14.0. The van der Waals surface area contributed by atoms with Crippen LogP contribution >= 0.6 is 11.6 Å². The van der Waals surface area contributed by atoms with E-state index in [2.05, 4.69) is 15.3 Å². The zero-order valence-corrected chi connectivity index (χ0v) is 16.1. The van der Waals surface area contributed by atoms with E-state index in [4.69, 9.17) is 16.3 Å². The molecule has 0 saturated heterocycles. The van der Waals surface area contributed by atoms with Crippen molar-refractivity contribution >= 4 is 34.2 Å². The number of nitrogens with one attached hydrogen (secondary N) is 1. The Morgan fingerprint density at radius 2 is 1.93 bits per heavy atom. The molecule has 0 unspecified atom stereocenters. The Labute approximate surface area is 171 Å². The number of ether oxygens (including phenoxy) is 1. The summed E-state index contributed by atoms with van der Waals surface area (Å²) < 4.78 is 20.0. The first-order valence-electron chi connectivity index (χ1n) is 8.76. The zero-order chi connectivity index (χ0) is 20.4. The molecule has 0 saturated carbocycles. The Kier molecular flexibility index (Phi) is 5.10. The van der Waals surface area contributed by atoms with E-state index in [0.717, 1.165) is 5.69 Å². The molecule has 1 amide bonds. The van der Waals surface area contributed by atoms with Gasteiger partial charge in [-0.05, 0) is 49.4 Å². The van der Waals surface area contributed by atoms with Crippen LogP contribution in [-0.4, -0.2) is 15.9 Å². The maximum atomic E-state index is 14.3. The van der Waals surface area contributed by atoms with Crippen molar-refractivity contribution in [3.63, 3.8) is 0 Å². The number of amides is 1. The Hall–Kier alpha value is -3.51. The van der Waals surface area contributed by atoms with Crippen LogP contribution < -0.4 is 10.1 Å². The molecule has 0 fully saturated rings. The summed E-state index contributed by atoms with van der Waals surface area (Å²) in [6.45, 7) is 1.84. The summed E-state index contributed by atoms with van der Waals surface area (Å²) >= 11 is 5.92. The van der Waals surface area contributed by atoms with E-state index in [0.29, 0.717) is 33.1 Å². The summed E-state index contributed by atoms with van der Waals surface area (Å²) in [5, 5.41) is 3.16. The molecule has 4 aromatic rings. The van der Waals surface area contributed by atoms with Gasteiger partial charge < -0.3 is 10.1 Å². The molecule has 1 aromatic heterocycles. The molecule has 1 heterocycles. The number of aromatic nitrogens is 2. The predicted molar refractivity (Wildman–Crippen MR) is 110 cm³/mol. The third kappa shape index (κ3) is 4.33. The molecule has 7 heteroatoms. The minimum absolute atomic E-state index is 0.0196. The lowest BCUT2D eigenvalue weighted by Crippen LogP contribution is -2.11. The molecule has 4 rings (SSSR count). The number of anilines is 1. The molecule has 0 aliphatic rings. The summed E-state index contributed by atoms with van der Waals surface area (Å²) in [7, 11) is 0. The van der Waals surface area contributed by atoms with Crippen molar-refractivity contribution < 1.29 is 13.9 Å². The van der Waals surface area contributed by atoms with Gasteiger partial charge in [-0.15, -0.1) is 0 Å². The third-order valence-corrected chi connectivity index (χ3v) is 4.37. The normalized spacial score (nSPS) is 10.7. The van der Waals surface area contributed by atoms with Crippen molar-refractivity contribution in [3.05, 3.63) is 89.0 Å². The molecule has 0 radical (unpaired) electrons. The second kappa shape index (κ2) is 7.85. The number of carbonyl (C=O) groups is 1. The van der Waals surface area contributed by atoms with Gasteiger partial charge >= 0.3 is 0 Å². The van der Waals surface area contributed by atoms with Crippen LogP contribution in [0.1, 0.15) is 16.1 Å². The Morgan fingerprint density at radius 3 is 2.76 bits per heavy atom. The number of aryl methyl sites for hydroxylation is 1. The maximum absolute atomic E-state index is 14.3. The predicted octanol–water partition coefficient (Wildman–Crippen LogP) is 5.78. The molecule has 144 valence electrons. The van der Waals surface area contributed by atoms with Gasteiger partial charge in [0.2, 0.25) is 0 Å². The fourth-order valence-electron chi connectivity index (χ4n) is 2.77. The van der Waals surface area contributed by atoms with Crippen molar-refractivity contribution in [1.29, 1.82) is 0 Å². The van der Waals surface area contributed by atoms with Gasteiger partial charge in [0.25, 0.3) is 5.91 Å². The van der Waals surface area contributed by atoms with E-state index < -0.39 is 5.82 Å². The molecule has 1 N–H and O–H groups in total. The van der Waals surface area contributed by atoms with Gasteiger partial charge in [0, 0.05) is 34.6 Å². The van der Waals surface area contributed by atoms with Gasteiger partial charge in [-0.1, -0.05) is 17.7 Å². The SMILES string of the molecule is Cc1cnc2ccc(Oc3cc(NC(=O)c4cccc(Cl)c4)ccc3F)cc2n1. The largest absolute Gasteiger partial charge is 0.454 e. The molecular formula is C22H15ClFN3O2. The van der Waals surface area contributed by atoms with E-state index in [1.807, 2.05) is 6.92 Å². The van der Waals surface area contributed by atoms with Crippen molar-refractivity contribution in [2.45, 2.75) is 6.92 Å². The summed E-state index contributed by atoms with van der Waals surface area (Å²) in [4.78, 5) is 21.1. The Morgan fingerprint density at radius 1 is 1.07 bits per heavy atom. The number of nitrogens with zero attached hydrogens (tertiary/aromatic N) is 2. The maximum Gasteiger partial charge on any atom is 0.255 e. The smallest absolute Gasteiger partial charge is 0.255 e. The van der Waals surface area contributed by atoms with Crippen molar-refractivity contribution in [3.8, 4) is 11.5 Å². The quantitative estimate of drug-likeness (QED) is 0.466. The lowest BCUT2D eigenvalue weighted by molar-refractivity contribution is 0.102. The lowest BCUT2D eigenvalue weighted by atomic mass is 10.2. The van der Waals surface area contributed by atoms with Gasteiger partial charge in [0.05, 0.1) is 16.7 Å². The molecule has 3 aromatic carbocycles. The van der Waals surface area contributed by atoms with E-state index in [9.17, 15) is 9.18 Å². The topological polar surface area (TPSA) is 64.1 Å². The Bertz CT molecular complexity index is 1230. The van der Waals surface area contributed by atoms with Crippen LogP contribution in [-0.2, 0) is 0 Å². The first kappa shape index (κ1) is 18.8. The van der Waals surface area contributed by atoms with Crippen LogP contribution in [0.15, 0.2) is 66.9 Å². The molecule has 5 nitrogen and oxygen atoms in total. The van der Waals surface area contributed by atoms with E-state index >= 15 is 0 Å². The van der Waals surface area contributed by atoms with Crippen molar-refractivity contribution in [1.82, 2.24) is 9.97 Å². The number of fused-ring (bicyclic) bond motifs is 1. The number of benzene rings is 3. The fourth-order valence-corrected chi connectivity index (χ4v) is 2.96. The number of hydrogen-bond donors (Lipinski definition) is 1. The summed E-state index contributed by atoms with van der Waals surface area (Å²) in [5.41, 5.74) is 2.92. The highest BCUT2D eigenvalue weighted by atomic mass is 35.5. The molecule has 0 atom stereocenters. The molecule has 0 aliphatic heterocycles. The molecular weight excluding hydrogens is 393 g/mol. The number of carbonyl (C=O) groups excluding carboxylic acids is 1. The van der Waals surface area contributed by atoms with E-state index in [1.54, 1.807) is 48.7 Å². The monoisotopic (exact) mass is 407 g/mol. The van der Waals surface area contributed by atoms with Crippen LogP contribution in [0.4, 0.5) is 10.1 Å². The number of hydrogen-bond acceptors (Lipinski definition) is 4. The van der Waals surface area contributed by atoms with Gasteiger partial charge in [0.15, 0.2) is 11.6 Å². The van der Waals surface area contributed by atoms with Gasteiger partial charge in [-0.25, -0.2) is 9.37 Å². The van der Waals surface area contributed by atoms with Crippen LogP contribution in [0, 0.1) is 12.7 Å². The highest BCUT2D eigenvalue weighted by Crippen LogP contribution is 2.29. The third-order valence-electron chi connectivity index (χ3n) is 4.14. The summed E-state index contributed by atoms with van der Waals surface area (Å²) in [6.07, 6.45) is 1.68. The van der Waals surface area contributed by atoms with Crippen molar-refractivity contribution in [2.24, 2.45) is 0 Å². The minimum Gasteiger partial charge on any atom is -0.454 e. The number of rotatable bonds is 4. The van der Waals surface area contributed by atoms with E-state index in [1.165, 1.54) is 18.2 Å². The van der Waals surface area contributed by atoms with Crippen molar-refractivity contribution in [2.75, 3.05) is 5.32 Å². The molecule has 29 heavy (non-hydrogen) atoms. The molecule has 0 spiro atoms. The number of halogens is 2. The minimum atomic E-state index is -0.554. The van der Waals surface area contributed by atoms with Gasteiger partial charge in [-0.2, -0.15) is 0 Å². The highest BCUT2D eigenvalue weighted by Gasteiger charge is 2.11. The lowest BCUT2D eigenvalue weighted by Gasteiger charge is -2.11. The van der Waals surface area contributed by atoms with Crippen LogP contribution in [0.3, 0.4) is 0 Å². The first-order valence-corrected chi connectivity index (χ1v) is 9.13. The Balaban J connectivity index is 1.58. The molecule has 0 bridgehead atoms. The second-order valence-corrected chi connectivity index (χ2v) is 6.81. The van der Waals surface area contributed by atoms with Gasteiger partial charge in [0.1, 0.15) is 5.75 Å². The summed E-state index contributed by atoms with van der Waals surface area (Å²) in [5.74, 6) is -0.522. The average Bonchev–Trinajstić information content (AvgIpc) is 2.70. The fraction of sp³-hybridized carbons (Fsp3) is 0.0455. The van der Waals surface area contributed by atoms with Crippen LogP contribution in [0.5, 0.6) is 11.5 Å². The average molecular weight is 408 g/mol. The van der Waals surface area contributed by atoms with E-state index in [-0.39, 0.29) is 11.7 Å². The standard InChI is InChI=1S/C22H15ClFN3O2/c1-13-12-25-19-8-6-17(11-20(19)26-13)29-21-10-16(5-7-18(21)24)27-22(28)14-3-2-4-15(23)9-14/h2-12H,1H3,(H,27,28). The van der Waals surface area contributed by atoms with Crippen LogP contribution in [0.25, 0.3) is 11.0 Å².